The minimum absolute atomic E-state index is 0.00161. The Bertz CT molecular complexity index is 1270. The number of carbonyl (C=O) groups excluding carboxylic acids is 1. The number of benzene rings is 1. The summed E-state index contributed by atoms with van der Waals surface area (Å²) < 4.78 is 4.04. The first kappa shape index (κ1) is 23.1. The molecule has 1 aliphatic carbocycles. The molecule has 3 aromatic rings. The molecule has 1 aliphatic heterocycles. The van der Waals surface area contributed by atoms with Gasteiger partial charge in [0.25, 0.3) is 0 Å². The van der Waals surface area contributed by atoms with E-state index in [1.807, 2.05) is 65.3 Å². The molecular formula is C27H27BrClN3O2+2. The summed E-state index contributed by atoms with van der Waals surface area (Å²) in [5.74, 6) is 0.461. The van der Waals surface area contributed by atoms with E-state index in [4.69, 9.17) is 11.6 Å². The minimum atomic E-state index is 0.00161. The van der Waals surface area contributed by atoms with Crippen LogP contribution in [0.1, 0.15) is 46.7 Å². The number of pyridine rings is 2. The molecule has 1 aromatic carbocycles. The van der Waals surface area contributed by atoms with E-state index in [9.17, 15) is 10.0 Å². The van der Waals surface area contributed by atoms with Crippen LogP contribution in [0.25, 0.3) is 12.2 Å². The zero-order valence-electron chi connectivity index (χ0n) is 19.0. The molecule has 5 nitrogen and oxygen atoms in total. The highest BCUT2D eigenvalue weighted by Gasteiger charge is 2.39. The van der Waals surface area contributed by atoms with E-state index in [0.717, 1.165) is 45.3 Å². The average Bonchev–Trinajstić information content (AvgIpc) is 2.97. The molecule has 1 N–H and O–H groups in total. The maximum Gasteiger partial charge on any atom is 0.249 e. The van der Waals surface area contributed by atoms with Crippen LogP contribution >= 0.6 is 27.5 Å². The number of aromatic nitrogens is 2. The van der Waals surface area contributed by atoms with Crippen molar-refractivity contribution in [2.75, 3.05) is 13.1 Å². The second-order valence-corrected chi connectivity index (χ2v) is 10.5. The molecule has 0 bridgehead atoms. The van der Waals surface area contributed by atoms with Crippen LogP contribution in [0.15, 0.2) is 59.5 Å². The number of hydrogen-bond acceptors (Lipinski definition) is 2. The van der Waals surface area contributed by atoms with Crippen LogP contribution in [0.2, 0.25) is 5.02 Å². The molecule has 1 amide bonds. The summed E-state index contributed by atoms with van der Waals surface area (Å²) in [6.07, 6.45) is 11.9. The topological polar surface area (TPSA) is 48.3 Å². The number of likely N-dealkylation sites (tertiary alicyclic amines) is 1. The zero-order chi connectivity index (χ0) is 23.8. The van der Waals surface area contributed by atoms with Gasteiger partial charge >= 0.3 is 0 Å². The number of halogens is 2. The first-order valence-corrected chi connectivity index (χ1v) is 12.7. The van der Waals surface area contributed by atoms with Gasteiger partial charge in [-0.1, -0.05) is 23.7 Å². The van der Waals surface area contributed by atoms with Crippen LogP contribution in [0, 0.1) is 5.92 Å². The van der Waals surface area contributed by atoms with Gasteiger partial charge in [-0.2, -0.15) is 0 Å². The molecule has 34 heavy (non-hydrogen) atoms. The minimum Gasteiger partial charge on any atom is -0.342 e. The third-order valence-electron chi connectivity index (χ3n) is 6.97. The number of fused-ring (bicyclic) bond motifs is 2. The number of nitrogens with zero attached hydrogens (tertiary/aromatic N) is 3. The number of piperidine rings is 1. The van der Waals surface area contributed by atoms with Gasteiger partial charge in [0.2, 0.25) is 17.8 Å². The van der Waals surface area contributed by atoms with E-state index in [0.29, 0.717) is 24.5 Å². The van der Waals surface area contributed by atoms with Crippen LogP contribution in [0.4, 0.5) is 0 Å². The third-order valence-corrected chi connectivity index (χ3v) is 7.64. The second-order valence-electron chi connectivity index (χ2n) is 9.19. The van der Waals surface area contributed by atoms with Crippen molar-refractivity contribution in [3.63, 3.8) is 0 Å². The molecule has 1 fully saturated rings. The monoisotopic (exact) mass is 539 g/mol. The third kappa shape index (κ3) is 4.62. The second kappa shape index (κ2) is 9.51. The molecule has 0 radical (unpaired) electrons. The van der Waals surface area contributed by atoms with Gasteiger partial charge in [-0.05, 0) is 75.7 Å². The predicted octanol–water partition coefficient (Wildman–Crippen LogP) is 4.55. The zero-order valence-corrected chi connectivity index (χ0v) is 21.3. The summed E-state index contributed by atoms with van der Waals surface area (Å²) in [6.45, 7) is 1.43. The molecule has 1 saturated heterocycles. The van der Waals surface area contributed by atoms with Crippen molar-refractivity contribution in [3.05, 3.63) is 92.4 Å². The van der Waals surface area contributed by atoms with Gasteiger partial charge in [0, 0.05) is 40.5 Å². The Hall–Kier alpha value is -2.70. The highest BCUT2D eigenvalue weighted by molar-refractivity contribution is 9.10. The van der Waals surface area contributed by atoms with Crippen molar-refractivity contribution in [1.82, 2.24) is 4.90 Å². The number of hydrogen-bond donors (Lipinski definition) is 1. The maximum atomic E-state index is 13.0. The van der Waals surface area contributed by atoms with Gasteiger partial charge < -0.3 is 4.90 Å². The van der Waals surface area contributed by atoms with E-state index in [2.05, 4.69) is 28.1 Å². The summed E-state index contributed by atoms with van der Waals surface area (Å²) in [5, 5.41) is 11.6. The summed E-state index contributed by atoms with van der Waals surface area (Å²) in [6, 6.07) is 12.0. The Balaban J connectivity index is 1.40. The average molecular weight is 541 g/mol. The summed E-state index contributed by atoms with van der Waals surface area (Å²) in [5.41, 5.74) is 5.12. The molecule has 0 spiro atoms. The fraction of sp³-hybridized carbons (Fsp3) is 0.296. The molecule has 2 aromatic heterocycles. The van der Waals surface area contributed by atoms with Crippen LogP contribution in [0.5, 0.6) is 0 Å². The molecule has 0 unspecified atom stereocenters. The predicted molar refractivity (Wildman–Crippen MR) is 134 cm³/mol. The fourth-order valence-corrected chi connectivity index (χ4v) is 5.85. The van der Waals surface area contributed by atoms with Crippen LogP contribution < -0.4 is 9.30 Å². The van der Waals surface area contributed by atoms with Crippen LogP contribution in [-0.4, -0.2) is 29.1 Å². The Morgan fingerprint density at radius 1 is 1.12 bits per heavy atom. The van der Waals surface area contributed by atoms with Crippen molar-refractivity contribution < 1.29 is 19.3 Å². The van der Waals surface area contributed by atoms with Gasteiger partial charge in [-0.25, -0.2) is 4.57 Å². The molecule has 5 rings (SSSR count). The van der Waals surface area contributed by atoms with E-state index in [-0.39, 0.29) is 17.7 Å². The van der Waals surface area contributed by atoms with E-state index < -0.39 is 0 Å². The highest BCUT2D eigenvalue weighted by Crippen LogP contribution is 2.42. The van der Waals surface area contributed by atoms with Crippen molar-refractivity contribution in [1.29, 1.82) is 0 Å². The molecule has 1 atom stereocenters. The lowest BCUT2D eigenvalue weighted by atomic mass is 9.76. The van der Waals surface area contributed by atoms with Crippen LogP contribution in [-0.2, 0) is 18.3 Å². The van der Waals surface area contributed by atoms with E-state index in [1.54, 1.807) is 6.20 Å². The lowest BCUT2D eigenvalue weighted by Gasteiger charge is -2.35. The van der Waals surface area contributed by atoms with Crippen molar-refractivity contribution in [2.24, 2.45) is 13.0 Å². The Morgan fingerprint density at radius 2 is 1.82 bits per heavy atom. The van der Waals surface area contributed by atoms with E-state index >= 15 is 0 Å². The van der Waals surface area contributed by atoms with Crippen LogP contribution in [0.3, 0.4) is 0 Å². The van der Waals surface area contributed by atoms with Crippen molar-refractivity contribution >= 4 is 45.6 Å². The standard InChI is InChI=1S/C27H27BrClN3O2/c1-30-10-6-18(7-11-30)14-25(33)31-12-8-19(9-13-31)26-24-5-4-23(29)16-20(24)2-3-21-15-22(28)17-32(34)27(21)26/h2-7,10-11,15-17,19,26,34H,8-9,12-14H2,1H3/q+2/t26-/m0/s1. The lowest BCUT2D eigenvalue weighted by Crippen LogP contribution is -2.44. The van der Waals surface area contributed by atoms with Gasteiger partial charge in [-0.3, -0.25) is 10.0 Å². The van der Waals surface area contributed by atoms with Crippen molar-refractivity contribution in [3.8, 4) is 0 Å². The summed E-state index contributed by atoms with van der Waals surface area (Å²) in [4.78, 5) is 14.9. The summed E-state index contributed by atoms with van der Waals surface area (Å²) in [7, 11) is 1.97. The fourth-order valence-electron chi connectivity index (χ4n) is 5.23. The molecular weight excluding hydrogens is 514 g/mol. The molecule has 2 aliphatic rings. The number of carbonyl (C=O) groups is 1. The lowest BCUT2D eigenvalue weighted by molar-refractivity contribution is -0.910. The Labute approximate surface area is 213 Å². The molecule has 174 valence electrons. The normalized spacial score (nSPS) is 17.7. The number of aryl methyl sites for hydroxylation is 1. The highest BCUT2D eigenvalue weighted by atomic mass is 79.9. The first-order chi connectivity index (χ1) is 16.4. The SMILES string of the molecule is C[n+]1ccc(CC(=O)N2CCC([C@H]3c4ccc(Cl)cc4C=Cc4cc(Br)c[n+](O)c43)CC2)cc1. The number of rotatable bonds is 3. The largest absolute Gasteiger partial charge is 0.342 e. The quantitative estimate of drug-likeness (QED) is 0.391. The Morgan fingerprint density at radius 3 is 2.56 bits per heavy atom. The first-order valence-electron chi connectivity index (χ1n) is 11.5. The molecule has 3 heterocycles. The number of amides is 1. The van der Waals surface area contributed by atoms with Gasteiger partial charge in [0.1, 0.15) is 7.05 Å². The molecule has 7 heteroatoms. The summed E-state index contributed by atoms with van der Waals surface area (Å²) >= 11 is 9.82. The smallest absolute Gasteiger partial charge is 0.249 e. The maximum absolute atomic E-state index is 13.0. The van der Waals surface area contributed by atoms with Gasteiger partial charge in [0.05, 0.1) is 16.8 Å². The van der Waals surface area contributed by atoms with E-state index in [1.165, 1.54) is 4.73 Å². The Kier molecular flexibility index (Phi) is 6.45. The molecule has 0 saturated carbocycles. The van der Waals surface area contributed by atoms with Gasteiger partial charge in [-0.15, -0.1) is 0 Å². The van der Waals surface area contributed by atoms with Gasteiger partial charge in [0.15, 0.2) is 12.4 Å². The van der Waals surface area contributed by atoms with Crippen molar-refractivity contribution in [2.45, 2.75) is 25.2 Å².